The summed E-state index contributed by atoms with van der Waals surface area (Å²) in [5.41, 5.74) is 6.05. The number of hydrogen-bond acceptors (Lipinski definition) is 5. The molecule has 2 aromatic carbocycles. The lowest BCUT2D eigenvalue weighted by atomic mass is 10.0. The Kier molecular flexibility index (Phi) is 4.57. The fraction of sp³-hybridized carbons (Fsp3) is 0.211. The average Bonchev–Trinajstić information content (AvgIpc) is 3.03. The molecule has 8 heteroatoms. The van der Waals surface area contributed by atoms with Gasteiger partial charge in [0.05, 0.1) is 6.04 Å². The number of nitrogens with one attached hydrogen (secondary N) is 2. The van der Waals surface area contributed by atoms with Gasteiger partial charge >= 0.3 is 0 Å². The zero-order valence-electron chi connectivity index (χ0n) is 14.8. The first-order valence-electron chi connectivity index (χ1n) is 8.49. The fourth-order valence-corrected chi connectivity index (χ4v) is 4.06. The number of rotatable bonds is 3. The summed E-state index contributed by atoms with van der Waals surface area (Å²) in [4.78, 5) is 13.0. The molecule has 2 heterocycles. The number of anilines is 1. The second-order valence-electron chi connectivity index (χ2n) is 6.42. The van der Waals surface area contributed by atoms with Crippen LogP contribution in [0.2, 0.25) is 0 Å². The number of amides is 1. The Morgan fingerprint density at radius 1 is 1.11 bits per heavy atom. The molecular formula is C19H18FN5OS. The third-order valence-corrected chi connectivity index (χ3v) is 5.62. The highest BCUT2D eigenvalue weighted by Gasteiger charge is 2.37. The van der Waals surface area contributed by atoms with Gasteiger partial charge in [-0.3, -0.25) is 4.79 Å². The number of benzene rings is 2. The molecule has 6 nitrogen and oxygen atoms in total. The highest BCUT2D eigenvalue weighted by atomic mass is 32.2. The molecule has 138 valence electrons. The van der Waals surface area contributed by atoms with Crippen molar-refractivity contribution in [2.24, 2.45) is 0 Å². The summed E-state index contributed by atoms with van der Waals surface area (Å²) in [6.45, 7) is 3.88. The third-order valence-electron chi connectivity index (χ3n) is 4.41. The van der Waals surface area contributed by atoms with Gasteiger partial charge in [-0.1, -0.05) is 41.6 Å². The van der Waals surface area contributed by atoms with E-state index in [-0.39, 0.29) is 17.8 Å². The minimum atomic E-state index is -0.464. The number of fused-ring (bicyclic) bond motifs is 1. The molecule has 0 spiro atoms. The zero-order valence-corrected chi connectivity index (χ0v) is 15.6. The van der Waals surface area contributed by atoms with Crippen molar-refractivity contribution >= 4 is 23.4 Å². The van der Waals surface area contributed by atoms with Gasteiger partial charge < -0.3 is 10.7 Å². The topological polar surface area (TPSA) is 71.8 Å². The van der Waals surface area contributed by atoms with Crippen molar-refractivity contribution < 1.29 is 9.18 Å². The lowest BCUT2D eigenvalue weighted by Gasteiger charge is -2.32. The van der Waals surface area contributed by atoms with Crippen molar-refractivity contribution in [3.63, 3.8) is 0 Å². The number of carbonyl (C=O) groups is 1. The van der Waals surface area contributed by atoms with Crippen molar-refractivity contribution in [1.82, 2.24) is 14.9 Å². The van der Waals surface area contributed by atoms with Crippen molar-refractivity contribution in [3.8, 4) is 0 Å². The molecule has 1 aliphatic heterocycles. The van der Waals surface area contributed by atoms with E-state index in [1.807, 2.05) is 38.1 Å². The van der Waals surface area contributed by atoms with Gasteiger partial charge in [0, 0.05) is 5.69 Å². The van der Waals surface area contributed by atoms with Gasteiger partial charge in [-0.2, -0.15) is 0 Å². The standard InChI is InChI=1S/C19H18FN5OS/c1-11-3-5-13(6-4-11)16-17(27-19-23-22-12(2)25(19)24-16)18(26)21-15-9-7-14(20)8-10-15/h3-10,16-17,24H,1-2H3,(H,21,26)/t16-,17+/m1/s1. The molecule has 0 aliphatic carbocycles. The predicted molar refractivity (Wildman–Crippen MR) is 103 cm³/mol. The Labute approximate surface area is 160 Å². The summed E-state index contributed by atoms with van der Waals surface area (Å²) in [5.74, 6) is 0.200. The van der Waals surface area contributed by atoms with Crippen molar-refractivity contribution in [2.75, 3.05) is 10.7 Å². The summed E-state index contributed by atoms with van der Waals surface area (Å²) >= 11 is 1.36. The van der Waals surface area contributed by atoms with Crippen LogP contribution in [0.25, 0.3) is 0 Å². The first-order chi connectivity index (χ1) is 13.0. The molecule has 1 aliphatic rings. The van der Waals surface area contributed by atoms with Crippen LogP contribution in [0.15, 0.2) is 53.7 Å². The molecule has 0 bridgehead atoms. The Morgan fingerprint density at radius 2 is 1.81 bits per heavy atom. The van der Waals surface area contributed by atoms with E-state index < -0.39 is 5.25 Å². The summed E-state index contributed by atoms with van der Waals surface area (Å²) in [6.07, 6.45) is 0. The van der Waals surface area contributed by atoms with Crippen LogP contribution in [-0.2, 0) is 4.79 Å². The number of hydrogen-bond donors (Lipinski definition) is 2. The van der Waals surface area contributed by atoms with E-state index in [0.717, 1.165) is 17.0 Å². The van der Waals surface area contributed by atoms with Gasteiger partial charge in [0.2, 0.25) is 11.1 Å². The molecule has 1 amide bonds. The van der Waals surface area contributed by atoms with Gasteiger partial charge in [-0.15, -0.1) is 10.2 Å². The minimum absolute atomic E-state index is 0.184. The quantitative estimate of drug-likeness (QED) is 0.725. The van der Waals surface area contributed by atoms with Crippen molar-refractivity contribution in [1.29, 1.82) is 0 Å². The summed E-state index contributed by atoms with van der Waals surface area (Å²) in [6, 6.07) is 13.5. The molecular weight excluding hydrogens is 365 g/mol. The van der Waals surface area contributed by atoms with E-state index in [2.05, 4.69) is 20.9 Å². The fourth-order valence-electron chi connectivity index (χ4n) is 2.93. The van der Waals surface area contributed by atoms with E-state index in [1.54, 1.807) is 16.8 Å². The number of thioether (sulfide) groups is 1. The first-order valence-corrected chi connectivity index (χ1v) is 9.37. The third kappa shape index (κ3) is 3.52. The Hall–Kier alpha value is -2.87. The maximum Gasteiger partial charge on any atom is 0.240 e. The van der Waals surface area contributed by atoms with E-state index in [1.165, 1.54) is 23.9 Å². The average molecular weight is 383 g/mol. The van der Waals surface area contributed by atoms with Crippen LogP contribution in [0.5, 0.6) is 0 Å². The maximum atomic E-state index is 13.1. The number of aryl methyl sites for hydroxylation is 2. The lowest BCUT2D eigenvalue weighted by molar-refractivity contribution is -0.116. The molecule has 0 saturated carbocycles. The van der Waals surface area contributed by atoms with Crippen LogP contribution >= 0.6 is 11.8 Å². The molecule has 1 aromatic heterocycles. The van der Waals surface area contributed by atoms with E-state index >= 15 is 0 Å². The van der Waals surface area contributed by atoms with E-state index in [4.69, 9.17) is 0 Å². The van der Waals surface area contributed by atoms with Gasteiger partial charge in [-0.25, -0.2) is 9.07 Å². The highest BCUT2D eigenvalue weighted by Crippen LogP contribution is 2.37. The Balaban J connectivity index is 1.65. The second kappa shape index (κ2) is 7.03. The van der Waals surface area contributed by atoms with Gasteiger partial charge in [0.1, 0.15) is 16.9 Å². The Bertz CT molecular complexity index is 971. The number of aromatic nitrogens is 3. The van der Waals surface area contributed by atoms with E-state index in [9.17, 15) is 9.18 Å². The molecule has 0 fully saturated rings. The normalized spacial score (nSPS) is 18.5. The van der Waals surface area contributed by atoms with Crippen molar-refractivity contribution in [2.45, 2.75) is 30.3 Å². The highest BCUT2D eigenvalue weighted by molar-refractivity contribution is 8.00. The SMILES string of the molecule is Cc1ccc([C@H]2Nn3c(C)nnc3S[C@@H]2C(=O)Nc2ccc(F)cc2)cc1. The van der Waals surface area contributed by atoms with Crippen LogP contribution in [0.3, 0.4) is 0 Å². The minimum Gasteiger partial charge on any atom is -0.325 e. The zero-order chi connectivity index (χ0) is 19.0. The maximum absolute atomic E-state index is 13.1. The number of nitrogens with zero attached hydrogens (tertiary/aromatic N) is 3. The van der Waals surface area contributed by atoms with Crippen LogP contribution in [-0.4, -0.2) is 26.0 Å². The van der Waals surface area contributed by atoms with Crippen LogP contribution in [0, 0.1) is 19.7 Å². The first kappa shape index (κ1) is 17.5. The molecule has 2 atom stereocenters. The molecule has 27 heavy (non-hydrogen) atoms. The number of carbonyl (C=O) groups excluding carboxylic acids is 1. The van der Waals surface area contributed by atoms with Gasteiger partial charge in [0.15, 0.2) is 0 Å². The second-order valence-corrected chi connectivity index (χ2v) is 7.53. The smallest absolute Gasteiger partial charge is 0.240 e. The predicted octanol–water partition coefficient (Wildman–Crippen LogP) is 3.43. The van der Waals surface area contributed by atoms with Crippen LogP contribution in [0.4, 0.5) is 10.1 Å². The van der Waals surface area contributed by atoms with Crippen LogP contribution < -0.4 is 10.7 Å². The lowest BCUT2D eigenvalue weighted by Crippen LogP contribution is -2.41. The number of halogens is 1. The summed E-state index contributed by atoms with van der Waals surface area (Å²) < 4.78 is 14.9. The monoisotopic (exact) mass is 383 g/mol. The van der Waals surface area contributed by atoms with E-state index in [0.29, 0.717) is 10.8 Å². The molecule has 3 aromatic rings. The van der Waals surface area contributed by atoms with Gasteiger partial charge in [-0.05, 0) is 43.7 Å². The molecule has 0 saturated heterocycles. The summed E-state index contributed by atoms with van der Waals surface area (Å²) in [5, 5.41) is 11.3. The molecule has 0 unspecified atom stereocenters. The van der Waals surface area contributed by atoms with Crippen LogP contribution in [0.1, 0.15) is 23.0 Å². The molecule has 2 N–H and O–H groups in total. The van der Waals surface area contributed by atoms with Crippen molar-refractivity contribution in [3.05, 3.63) is 71.3 Å². The van der Waals surface area contributed by atoms with Gasteiger partial charge in [0.25, 0.3) is 0 Å². The Morgan fingerprint density at radius 3 is 2.52 bits per heavy atom. The summed E-state index contributed by atoms with van der Waals surface area (Å²) in [7, 11) is 0. The largest absolute Gasteiger partial charge is 0.325 e. The molecule has 0 radical (unpaired) electrons. The molecule has 4 rings (SSSR count).